The predicted octanol–water partition coefficient (Wildman–Crippen LogP) is 2.98. The Morgan fingerprint density at radius 1 is 1.04 bits per heavy atom. The molecule has 3 N–H and O–H groups in total. The molecule has 0 aliphatic heterocycles. The van der Waals surface area contributed by atoms with Gasteiger partial charge in [0, 0.05) is 18.3 Å². The Balaban J connectivity index is 1.92. The summed E-state index contributed by atoms with van der Waals surface area (Å²) in [5.41, 5.74) is 9.23. The van der Waals surface area contributed by atoms with E-state index in [1.165, 1.54) is 11.1 Å². The highest BCUT2D eigenvalue weighted by molar-refractivity contribution is 5.92. The fourth-order valence-corrected chi connectivity index (χ4v) is 2.16. The van der Waals surface area contributed by atoms with E-state index in [9.17, 15) is 0 Å². The first-order chi connectivity index (χ1) is 11.1. The highest BCUT2D eigenvalue weighted by Gasteiger charge is 2.05. The second-order valence-corrected chi connectivity index (χ2v) is 5.20. The van der Waals surface area contributed by atoms with E-state index in [4.69, 9.17) is 15.2 Å². The van der Waals surface area contributed by atoms with Crippen LogP contribution in [0.15, 0.2) is 47.5 Å². The maximum absolute atomic E-state index is 5.92. The molecule has 0 fully saturated rings. The van der Waals surface area contributed by atoms with Crippen LogP contribution in [-0.4, -0.2) is 26.7 Å². The van der Waals surface area contributed by atoms with E-state index >= 15 is 0 Å². The number of nitrogens with zero attached hydrogens (tertiary/aromatic N) is 1. The molecule has 0 spiro atoms. The largest absolute Gasteiger partial charge is 0.493 e. The monoisotopic (exact) mass is 313 g/mol. The summed E-state index contributed by atoms with van der Waals surface area (Å²) in [6, 6.07) is 13.9. The van der Waals surface area contributed by atoms with Gasteiger partial charge in [-0.05, 0) is 31.0 Å². The molecule has 0 aliphatic rings. The van der Waals surface area contributed by atoms with Crippen molar-refractivity contribution in [2.24, 2.45) is 10.7 Å². The summed E-state index contributed by atoms with van der Waals surface area (Å²) in [5, 5.41) is 3.06. The number of methoxy groups -OCH3 is 2. The average molecular weight is 313 g/mol. The maximum atomic E-state index is 5.92. The molecule has 0 atom stereocenters. The molecule has 0 aromatic heterocycles. The summed E-state index contributed by atoms with van der Waals surface area (Å²) in [5.74, 6) is 1.70. The molecule has 0 amide bonds. The number of hydrogen-bond donors (Lipinski definition) is 2. The van der Waals surface area contributed by atoms with Crippen LogP contribution in [0.2, 0.25) is 0 Å². The highest BCUT2D eigenvalue weighted by atomic mass is 16.5. The van der Waals surface area contributed by atoms with Gasteiger partial charge in [0.1, 0.15) is 0 Å². The Kier molecular flexibility index (Phi) is 5.86. The molecule has 2 aromatic carbocycles. The third-order valence-corrected chi connectivity index (χ3v) is 3.46. The van der Waals surface area contributed by atoms with E-state index in [0.717, 1.165) is 12.1 Å². The lowest BCUT2D eigenvalue weighted by molar-refractivity contribution is 0.355. The van der Waals surface area contributed by atoms with E-state index in [-0.39, 0.29) is 0 Å². The minimum absolute atomic E-state index is 0.379. The van der Waals surface area contributed by atoms with E-state index in [2.05, 4.69) is 41.5 Å². The molecule has 122 valence electrons. The summed E-state index contributed by atoms with van der Waals surface area (Å²) in [7, 11) is 3.20. The van der Waals surface area contributed by atoms with E-state index in [1.807, 2.05) is 18.2 Å². The van der Waals surface area contributed by atoms with Crippen LogP contribution in [0.3, 0.4) is 0 Å². The fraction of sp³-hybridized carbons (Fsp3) is 0.278. The van der Waals surface area contributed by atoms with Gasteiger partial charge in [-0.2, -0.15) is 0 Å². The van der Waals surface area contributed by atoms with Crippen molar-refractivity contribution in [3.63, 3.8) is 0 Å². The van der Waals surface area contributed by atoms with Crippen molar-refractivity contribution in [3.05, 3.63) is 53.6 Å². The zero-order valence-electron chi connectivity index (χ0n) is 13.8. The molecule has 0 bridgehead atoms. The maximum Gasteiger partial charge on any atom is 0.193 e. The van der Waals surface area contributed by atoms with E-state index < -0.39 is 0 Å². The topological polar surface area (TPSA) is 68.9 Å². The van der Waals surface area contributed by atoms with Crippen LogP contribution in [0.5, 0.6) is 11.5 Å². The summed E-state index contributed by atoms with van der Waals surface area (Å²) in [6.45, 7) is 2.71. The van der Waals surface area contributed by atoms with Gasteiger partial charge in [-0.25, -0.2) is 0 Å². The summed E-state index contributed by atoms with van der Waals surface area (Å²) < 4.78 is 10.5. The standard InChI is InChI=1S/C18H23N3O2/c1-13-4-6-14(7-5-13)10-11-20-18(19)21-15-8-9-16(22-2)17(12-15)23-3/h4-9,12H,10-11H2,1-3H3,(H3,19,20,21). The van der Waals surface area contributed by atoms with Gasteiger partial charge in [0.25, 0.3) is 0 Å². The number of nitrogens with two attached hydrogens (primary N) is 1. The molecule has 5 heteroatoms. The third-order valence-electron chi connectivity index (χ3n) is 3.46. The smallest absolute Gasteiger partial charge is 0.193 e. The van der Waals surface area contributed by atoms with Crippen molar-refractivity contribution in [2.75, 3.05) is 26.1 Å². The van der Waals surface area contributed by atoms with E-state index in [1.54, 1.807) is 14.2 Å². The Labute approximate surface area is 137 Å². The van der Waals surface area contributed by atoms with Crippen LogP contribution < -0.4 is 20.5 Å². The Morgan fingerprint density at radius 2 is 1.74 bits per heavy atom. The molecule has 0 radical (unpaired) electrons. The van der Waals surface area contributed by atoms with Gasteiger partial charge in [0.2, 0.25) is 0 Å². The number of aliphatic imine (C=N–C) groups is 1. The van der Waals surface area contributed by atoms with Gasteiger partial charge >= 0.3 is 0 Å². The normalized spacial score (nSPS) is 11.2. The molecule has 0 aliphatic carbocycles. The first-order valence-corrected chi connectivity index (χ1v) is 7.47. The van der Waals surface area contributed by atoms with Crippen molar-refractivity contribution in [1.82, 2.24) is 0 Å². The number of anilines is 1. The number of nitrogens with one attached hydrogen (secondary N) is 1. The van der Waals surface area contributed by atoms with Gasteiger partial charge in [0.15, 0.2) is 17.5 Å². The molecule has 0 saturated carbocycles. The second kappa shape index (κ2) is 8.08. The van der Waals surface area contributed by atoms with Gasteiger partial charge in [-0.15, -0.1) is 0 Å². The molecular formula is C18H23N3O2. The number of ether oxygens (including phenoxy) is 2. The van der Waals surface area contributed by atoms with Gasteiger partial charge in [-0.1, -0.05) is 29.8 Å². The van der Waals surface area contributed by atoms with Gasteiger partial charge in [-0.3, -0.25) is 4.99 Å². The number of hydrogen-bond acceptors (Lipinski definition) is 3. The van der Waals surface area contributed by atoms with Crippen LogP contribution in [0.1, 0.15) is 11.1 Å². The molecule has 5 nitrogen and oxygen atoms in total. The number of rotatable bonds is 6. The second-order valence-electron chi connectivity index (χ2n) is 5.20. The van der Waals surface area contributed by atoms with Gasteiger partial charge in [0.05, 0.1) is 14.2 Å². The zero-order valence-corrected chi connectivity index (χ0v) is 13.8. The van der Waals surface area contributed by atoms with Crippen LogP contribution in [-0.2, 0) is 6.42 Å². The lowest BCUT2D eigenvalue weighted by Gasteiger charge is -2.11. The van der Waals surface area contributed by atoms with Crippen molar-refractivity contribution >= 4 is 11.6 Å². The highest BCUT2D eigenvalue weighted by Crippen LogP contribution is 2.29. The minimum atomic E-state index is 0.379. The van der Waals surface area contributed by atoms with Crippen LogP contribution in [0.25, 0.3) is 0 Å². The molecule has 0 heterocycles. The molecular weight excluding hydrogens is 290 g/mol. The Morgan fingerprint density at radius 3 is 2.39 bits per heavy atom. The molecule has 0 unspecified atom stereocenters. The molecule has 0 saturated heterocycles. The predicted molar refractivity (Wildman–Crippen MR) is 94.5 cm³/mol. The van der Waals surface area contributed by atoms with Crippen LogP contribution >= 0.6 is 0 Å². The lowest BCUT2D eigenvalue weighted by Crippen LogP contribution is -2.23. The molecule has 2 rings (SSSR count). The van der Waals surface area contributed by atoms with Crippen molar-refractivity contribution in [1.29, 1.82) is 0 Å². The lowest BCUT2D eigenvalue weighted by atomic mass is 10.1. The summed E-state index contributed by atoms with van der Waals surface area (Å²) in [4.78, 5) is 4.35. The third kappa shape index (κ3) is 4.92. The Hall–Kier alpha value is -2.69. The fourth-order valence-electron chi connectivity index (χ4n) is 2.16. The van der Waals surface area contributed by atoms with Crippen molar-refractivity contribution in [3.8, 4) is 11.5 Å². The van der Waals surface area contributed by atoms with Gasteiger partial charge < -0.3 is 20.5 Å². The number of aryl methyl sites for hydroxylation is 1. The molecule has 23 heavy (non-hydrogen) atoms. The zero-order chi connectivity index (χ0) is 16.7. The SMILES string of the molecule is COc1ccc(NC(N)=NCCc2ccc(C)cc2)cc1OC. The first-order valence-electron chi connectivity index (χ1n) is 7.47. The van der Waals surface area contributed by atoms with Crippen molar-refractivity contribution in [2.45, 2.75) is 13.3 Å². The average Bonchev–Trinajstić information content (AvgIpc) is 2.56. The number of benzene rings is 2. The minimum Gasteiger partial charge on any atom is -0.493 e. The van der Waals surface area contributed by atoms with Crippen LogP contribution in [0.4, 0.5) is 5.69 Å². The first kappa shape index (κ1) is 16.7. The quantitative estimate of drug-likeness (QED) is 0.635. The van der Waals surface area contributed by atoms with Crippen LogP contribution in [0, 0.1) is 6.92 Å². The Bertz CT molecular complexity index is 666. The van der Waals surface area contributed by atoms with E-state index in [0.29, 0.717) is 24.0 Å². The summed E-state index contributed by atoms with van der Waals surface area (Å²) >= 11 is 0. The molecule has 2 aromatic rings. The number of guanidine groups is 1. The summed E-state index contributed by atoms with van der Waals surface area (Å²) in [6.07, 6.45) is 0.856. The van der Waals surface area contributed by atoms with Crippen molar-refractivity contribution < 1.29 is 9.47 Å².